The zero-order valence-corrected chi connectivity index (χ0v) is 23.8. The van der Waals surface area contributed by atoms with Gasteiger partial charge in [-0.2, -0.15) is 0 Å². The number of hydrogen-bond donors (Lipinski definition) is 1. The van der Waals surface area contributed by atoms with E-state index in [1.807, 2.05) is 0 Å². The third-order valence-electron chi connectivity index (χ3n) is 5.40. The predicted molar refractivity (Wildman–Crippen MR) is 137 cm³/mol. The highest BCUT2D eigenvalue weighted by atomic mass is 28.4. The van der Waals surface area contributed by atoms with E-state index in [2.05, 4.69) is 39.2 Å². The number of esters is 1. The fourth-order valence-electron chi connectivity index (χ4n) is 2.65. The van der Waals surface area contributed by atoms with E-state index in [4.69, 9.17) is 13.9 Å². The topological polar surface area (TPSA) is 90.9 Å². The van der Waals surface area contributed by atoms with Crippen molar-refractivity contribution in [1.29, 1.82) is 0 Å². The van der Waals surface area contributed by atoms with Crippen molar-refractivity contribution in [3.63, 3.8) is 0 Å². The van der Waals surface area contributed by atoms with E-state index in [0.717, 1.165) is 5.75 Å². The third-order valence-corrected chi connectivity index (χ3v) is 9.76. The Morgan fingerprint density at radius 2 is 1.35 bits per heavy atom. The molecule has 0 heterocycles. The molecule has 0 saturated carbocycles. The van der Waals surface area contributed by atoms with Crippen molar-refractivity contribution in [3.05, 3.63) is 29.8 Å². The Labute approximate surface area is 206 Å². The molecule has 34 heavy (non-hydrogen) atoms. The second-order valence-corrected chi connectivity index (χ2v) is 16.8. The lowest BCUT2D eigenvalue weighted by Gasteiger charge is -2.36. The average Bonchev–Trinajstić information content (AvgIpc) is 2.61. The Morgan fingerprint density at radius 1 is 0.853 bits per heavy atom. The van der Waals surface area contributed by atoms with E-state index in [-0.39, 0.29) is 23.7 Å². The minimum atomic E-state index is -1.97. The summed E-state index contributed by atoms with van der Waals surface area (Å²) in [4.78, 5) is 37.7. The van der Waals surface area contributed by atoms with E-state index in [9.17, 15) is 14.4 Å². The maximum absolute atomic E-state index is 12.8. The van der Waals surface area contributed by atoms with Crippen LogP contribution in [-0.2, 0) is 14.3 Å². The molecule has 1 rings (SSSR count). The smallest absolute Gasteiger partial charge is 0.408 e. The van der Waals surface area contributed by atoms with Gasteiger partial charge in [-0.15, -0.1) is 0 Å². The van der Waals surface area contributed by atoms with E-state index in [0.29, 0.717) is 5.56 Å². The molecule has 0 aliphatic heterocycles. The van der Waals surface area contributed by atoms with Crippen LogP contribution in [0, 0.1) is 0 Å². The van der Waals surface area contributed by atoms with Crippen LogP contribution in [0.15, 0.2) is 24.3 Å². The highest BCUT2D eigenvalue weighted by Gasteiger charge is 2.39. The number of ether oxygens (including phenoxy) is 2. The second kappa shape index (κ2) is 10.9. The number of ketones is 1. The van der Waals surface area contributed by atoms with Gasteiger partial charge in [0, 0.05) is 12.0 Å². The van der Waals surface area contributed by atoms with E-state index in [1.165, 1.54) is 0 Å². The number of alkyl carbamates (subject to hydrolysis) is 1. The van der Waals surface area contributed by atoms with Gasteiger partial charge in [0.05, 0.1) is 0 Å². The normalized spacial score (nSPS) is 13.6. The van der Waals surface area contributed by atoms with Gasteiger partial charge in [-0.05, 0) is 90.4 Å². The summed E-state index contributed by atoms with van der Waals surface area (Å²) in [6.07, 6.45) is -0.583. The minimum Gasteiger partial charge on any atom is -0.544 e. The van der Waals surface area contributed by atoms with E-state index in [1.54, 1.807) is 65.8 Å². The number of Topliss-reactive ketones (excluding diaryl/α,β-unsaturated/α-hetero) is 1. The van der Waals surface area contributed by atoms with Gasteiger partial charge in [0.15, 0.2) is 5.78 Å². The zero-order valence-electron chi connectivity index (χ0n) is 22.8. The maximum atomic E-state index is 12.8. The number of benzene rings is 1. The average molecular weight is 494 g/mol. The van der Waals surface area contributed by atoms with Crippen molar-refractivity contribution in [1.82, 2.24) is 5.32 Å². The highest BCUT2D eigenvalue weighted by Crippen LogP contribution is 2.37. The highest BCUT2D eigenvalue weighted by molar-refractivity contribution is 6.74. The van der Waals surface area contributed by atoms with Crippen LogP contribution in [-0.4, -0.2) is 43.4 Å². The summed E-state index contributed by atoms with van der Waals surface area (Å²) >= 11 is 0. The first-order valence-corrected chi connectivity index (χ1v) is 14.7. The summed E-state index contributed by atoms with van der Waals surface area (Å²) in [6.45, 7) is 21.3. The molecule has 1 aromatic rings. The zero-order chi connectivity index (χ0) is 26.5. The van der Waals surface area contributed by atoms with Crippen LogP contribution in [0.4, 0.5) is 4.79 Å². The molecule has 0 aliphatic rings. The summed E-state index contributed by atoms with van der Waals surface area (Å²) in [5.74, 6) is -0.0101. The van der Waals surface area contributed by atoms with Crippen LogP contribution in [0.5, 0.6) is 5.75 Å². The molecule has 1 N–H and O–H groups in total. The van der Waals surface area contributed by atoms with Crippen LogP contribution in [0.2, 0.25) is 18.1 Å². The molecule has 8 heteroatoms. The first-order chi connectivity index (χ1) is 15.2. The molecule has 0 radical (unpaired) electrons. The van der Waals surface area contributed by atoms with Gasteiger partial charge in [0.2, 0.25) is 8.32 Å². The van der Waals surface area contributed by atoms with Gasteiger partial charge in [-0.1, -0.05) is 20.8 Å². The molecular weight excluding hydrogens is 450 g/mol. The lowest BCUT2D eigenvalue weighted by molar-refractivity contribution is -0.157. The number of nitrogens with one attached hydrogen (secondary N) is 1. The number of amides is 1. The van der Waals surface area contributed by atoms with Gasteiger partial charge in [-0.25, -0.2) is 9.59 Å². The number of carbonyl (C=O) groups excluding carboxylic acids is 3. The van der Waals surface area contributed by atoms with Gasteiger partial charge in [0.25, 0.3) is 0 Å². The molecule has 0 bridgehead atoms. The van der Waals surface area contributed by atoms with Crippen molar-refractivity contribution < 1.29 is 28.3 Å². The Balaban J connectivity index is 2.87. The maximum Gasteiger partial charge on any atom is 0.408 e. The summed E-state index contributed by atoms with van der Waals surface area (Å²) in [6, 6.07) is 6.07. The van der Waals surface area contributed by atoms with Crippen LogP contribution in [0.25, 0.3) is 0 Å². The fourth-order valence-corrected chi connectivity index (χ4v) is 3.68. The summed E-state index contributed by atoms with van der Waals surface area (Å²) in [5.41, 5.74) is -0.926. The Hall–Kier alpha value is -2.35. The third kappa shape index (κ3) is 10.3. The molecule has 0 aliphatic carbocycles. The number of hydrogen-bond acceptors (Lipinski definition) is 6. The predicted octanol–water partition coefficient (Wildman–Crippen LogP) is 6.27. The first-order valence-electron chi connectivity index (χ1n) is 11.7. The molecule has 0 spiro atoms. The van der Waals surface area contributed by atoms with Crippen LogP contribution in [0.3, 0.4) is 0 Å². The van der Waals surface area contributed by atoms with Crippen molar-refractivity contribution in [2.75, 3.05) is 0 Å². The summed E-state index contributed by atoms with van der Waals surface area (Å²) in [7, 11) is -1.97. The molecule has 0 fully saturated rings. The largest absolute Gasteiger partial charge is 0.544 e. The van der Waals surface area contributed by atoms with Crippen molar-refractivity contribution >= 4 is 26.2 Å². The van der Waals surface area contributed by atoms with Crippen molar-refractivity contribution in [2.24, 2.45) is 0 Å². The lowest BCUT2D eigenvalue weighted by Crippen LogP contribution is -2.46. The molecule has 7 nitrogen and oxygen atoms in total. The Morgan fingerprint density at radius 3 is 1.79 bits per heavy atom. The van der Waals surface area contributed by atoms with Gasteiger partial charge in [-0.3, -0.25) is 4.79 Å². The Bertz CT molecular complexity index is 857. The van der Waals surface area contributed by atoms with Crippen LogP contribution >= 0.6 is 0 Å². The van der Waals surface area contributed by atoms with Crippen molar-refractivity contribution in [3.8, 4) is 5.75 Å². The summed E-state index contributed by atoms with van der Waals surface area (Å²) in [5, 5.41) is 2.62. The molecule has 192 valence electrons. The summed E-state index contributed by atoms with van der Waals surface area (Å²) < 4.78 is 17.0. The lowest BCUT2D eigenvalue weighted by atomic mass is 10.0. The molecule has 0 aromatic heterocycles. The first kappa shape index (κ1) is 29.7. The molecule has 1 amide bonds. The molecule has 0 saturated heterocycles. The van der Waals surface area contributed by atoms with Crippen molar-refractivity contribution in [2.45, 2.75) is 111 Å². The van der Waals surface area contributed by atoms with Gasteiger partial charge < -0.3 is 19.2 Å². The van der Waals surface area contributed by atoms with Crippen LogP contribution in [0.1, 0.15) is 85.5 Å². The van der Waals surface area contributed by atoms with Gasteiger partial charge in [0.1, 0.15) is 23.0 Å². The number of rotatable bonds is 8. The second-order valence-electron chi connectivity index (χ2n) is 12.1. The minimum absolute atomic E-state index is 0.0577. The SMILES string of the molecule is CC(C)(C)OC(=O)N[C@@H](CCC(=O)c1ccc(O[Si](C)(C)C(C)(C)C)cc1)C(=O)OC(C)(C)C. The van der Waals surface area contributed by atoms with Gasteiger partial charge >= 0.3 is 12.1 Å². The molecule has 1 aromatic carbocycles. The molecule has 1 atom stereocenters. The molecular formula is C26H43NO6Si. The standard InChI is InChI=1S/C26H43NO6Si/c1-24(2,3)31-22(29)20(27-23(30)32-25(4,5)6)16-17-21(28)18-12-14-19(15-13-18)33-34(10,11)26(7,8)9/h12-15,20H,16-17H2,1-11H3,(H,27,30)/t20-/m0/s1. The fraction of sp³-hybridized carbons (Fsp3) is 0.654. The Kier molecular flexibility index (Phi) is 9.54. The van der Waals surface area contributed by atoms with E-state index >= 15 is 0 Å². The van der Waals surface area contributed by atoms with Crippen LogP contribution < -0.4 is 9.74 Å². The number of carbonyl (C=O) groups is 3. The molecule has 0 unspecified atom stereocenters. The quantitative estimate of drug-likeness (QED) is 0.261. The monoisotopic (exact) mass is 493 g/mol. The van der Waals surface area contributed by atoms with E-state index < -0.39 is 37.6 Å².